The van der Waals surface area contributed by atoms with E-state index in [1.165, 1.54) is 17.7 Å². The van der Waals surface area contributed by atoms with Crippen LogP contribution in [0.3, 0.4) is 0 Å². The third kappa shape index (κ3) is 3.13. The van der Waals surface area contributed by atoms with Crippen LogP contribution < -0.4 is 0 Å². The lowest BCUT2D eigenvalue weighted by atomic mass is 9.87. The zero-order valence-corrected chi connectivity index (χ0v) is 16.7. The lowest BCUT2D eigenvalue weighted by molar-refractivity contribution is -0.153. The van der Waals surface area contributed by atoms with Gasteiger partial charge in [0.05, 0.1) is 18.7 Å². The first-order valence-electron chi connectivity index (χ1n) is 10.2. The molecule has 0 spiro atoms. The molecule has 3 aliphatic heterocycles. The van der Waals surface area contributed by atoms with Crippen LogP contribution in [0, 0.1) is 5.82 Å². The molecule has 3 aliphatic rings. The van der Waals surface area contributed by atoms with Gasteiger partial charge >= 0.3 is 6.09 Å². The molecule has 7 heteroatoms. The molecule has 0 aromatic heterocycles. The maximum Gasteiger partial charge on any atom is 0.410 e. The SMILES string of the molecule is CN1C(=O)O[C@@H]2CO[C@@H](C(=O)N3CCc4ccccc4[C@@H]3c3ccc(F)cc3)C[C@@H]21. The Morgan fingerprint density at radius 3 is 2.70 bits per heavy atom. The highest BCUT2D eigenvalue weighted by atomic mass is 19.1. The number of benzene rings is 2. The number of hydrogen-bond acceptors (Lipinski definition) is 4. The summed E-state index contributed by atoms with van der Waals surface area (Å²) < 4.78 is 24.7. The third-order valence-corrected chi connectivity index (χ3v) is 6.41. The highest BCUT2D eigenvalue weighted by molar-refractivity contribution is 5.83. The standard InChI is InChI=1S/C23H23FN2O4/c1-25-18-12-19(29-13-20(18)30-23(25)28)22(27)26-11-10-14-4-2-3-5-17(14)21(26)15-6-8-16(24)9-7-15/h2-9,18-21H,10-13H2,1H3/t18-,19+,20+,21-/m0/s1. The van der Waals surface area contributed by atoms with Gasteiger partial charge in [0.1, 0.15) is 18.0 Å². The molecule has 5 rings (SSSR count). The van der Waals surface area contributed by atoms with Crippen LogP contribution in [0.15, 0.2) is 48.5 Å². The Morgan fingerprint density at radius 1 is 1.13 bits per heavy atom. The summed E-state index contributed by atoms with van der Waals surface area (Å²) >= 11 is 0. The summed E-state index contributed by atoms with van der Waals surface area (Å²) in [5, 5.41) is 0. The fourth-order valence-electron chi connectivity index (χ4n) is 4.79. The van der Waals surface area contributed by atoms with Gasteiger partial charge in [-0.2, -0.15) is 0 Å². The average Bonchev–Trinajstić information content (AvgIpc) is 3.06. The van der Waals surface area contributed by atoms with E-state index in [4.69, 9.17) is 9.47 Å². The summed E-state index contributed by atoms with van der Waals surface area (Å²) in [6.07, 6.45) is -0.198. The maximum atomic E-state index is 13.6. The van der Waals surface area contributed by atoms with Crippen LogP contribution in [-0.2, 0) is 20.7 Å². The number of carbonyl (C=O) groups excluding carboxylic acids is 2. The quantitative estimate of drug-likeness (QED) is 0.764. The maximum absolute atomic E-state index is 13.6. The summed E-state index contributed by atoms with van der Waals surface area (Å²) in [4.78, 5) is 28.8. The van der Waals surface area contributed by atoms with Crippen LogP contribution in [0.5, 0.6) is 0 Å². The molecule has 2 aromatic rings. The van der Waals surface area contributed by atoms with Crippen molar-refractivity contribution in [3.8, 4) is 0 Å². The second kappa shape index (κ2) is 7.40. The zero-order chi connectivity index (χ0) is 20.8. The van der Waals surface area contributed by atoms with Crippen LogP contribution >= 0.6 is 0 Å². The second-order valence-corrected chi connectivity index (χ2v) is 8.09. The number of nitrogens with zero attached hydrogens (tertiary/aromatic N) is 2. The third-order valence-electron chi connectivity index (χ3n) is 6.41. The van der Waals surface area contributed by atoms with E-state index in [-0.39, 0.29) is 42.6 Å². The molecule has 2 fully saturated rings. The van der Waals surface area contributed by atoms with Gasteiger partial charge in [-0.15, -0.1) is 0 Å². The van der Waals surface area contributed by atoms with Crippen LogP contribution in [0.4, 0.5) is 9.18 Å². The van der Waals surface area contributed by atoms with E-state index in [0.717, 1.165) is 17.5 Å². The lowest BCUT2D eigenvalue weighted by Crippen LogP contribution is -2.52. The van der Waals surface area contributed by atoms with Crippen molar-refractivity contribution in [3.05, 3.63) is 71.0 Å². The first-order valence-corrected chi connectivity index (χ1v) is 10.2. The van der Waals surface area contributed by atoms with Crippen molar-refractivity contribution in [1.82, 2.24) is 9.80 Å². The molecule has 0 radical (unpaired) electrons. The van der Waals surface area contributed by atoms with Crippen molar-refractivity contribution in [3.63, 3.8) is 0 Å². The molecular formula is C23H23FN2O4. The highest BCUT2D eigenvalue weighted by Crippen LogP contribution is 2.37. The van der Waals surface area contributed by atoms with E-state index in [1.807, 2.05) is 23.1 Å². The van der Waals surface area contributed by atoms with Gasteiger partial charge in [-0.25, -0.2) is 9.18 Å². The highest BCUT2D eigenvalue weighted by Gasteiger charge is 2.47. The predicted octanol–water partition coefficient (Wildman–Crippen LogP) is 2.91. The normalized spacial score (nSPS) is 28.0. The molecular weight excluding hydrogens is 387 g/mol. The average molecular weight is 410 g/mol. The molecule has 3 heterocycles. The van der Waals surface area contributed by atoms with Crippen molar-refractivity contribution < 1.29 is 23.5 Å². The number of halogens is 1. The van der Waals surface area contributed by atoms with Crippen molar-refractivity contribution >= 4 is 12.0 Å². The number of carbonyl (C=O) groups is 2. The number of likely N-dealkylation sites (N-methyl/N-ethyl adjacent to an activating group) is 1. The minimum atomic E-state index is -0.642. The number of hydrogen-bond donors (Lipinski definition) is 0. The lowest BCUT2D eigenvalue weighted by Gasteiger charge is -2.41. The Labute approximate surface area is 174 Å². The van der Waals surface area contributed by atoms with Gasteiger partial charge in [0, 0.05) is 20.0 Å². The van der Waals surface area contributed by atoms with E-state index in [9.17, 15) is 14.0 Å². The van der Waals surface area contributed by atoms with Gasteiger partial charge in [-0.3, -0.25) is 4.79 Å². The Kier molecular flexibility index (Phi) is 4.70. The Bertz CT molecular complexity index is 979. The zero-order valence-electron chi connectivity index (χ0n) is 16.7. The Hall–Kier alpha value is -2.93. The molecule has 2 saturated heterocycles. The number of fused-ring (bicyclic) bond motifs is 2. The first-order chi connectivity index (χ1) is 14.5. The van der Waals surface area contributed by atoms with Crippen molar-refractivity contribution in [2.75, 3.05) is 20.2 Å². The topological polar surface area (TPSA) is 59.1 Å². The molecule has 0 saturated carbocycles. The summed E-state index contributed by atoms with van der Waals surface area (Å²) in [6, 6.07) is 13.9. The van der Waals surface area contributed by atoms with Crippen LogP contribution in [0.1, 0.15) is 29.2 Å². The molecule has 4 atom stereocenters. The van der Waals surface area contributed by atoms with Crippen LogP contribution in [0.2, 0.25) is 0 Å². The van der Waals surface area contributed by atoms with Gasteiger partial charge in [0.25, 0.3) is 5.91 Å². The van der Waals surface area contributed by atoms with E-state index in [0.29, 0.717) is 13.0 Å². The van der Waals surface area contributed by atoms with Crippen LogP contribution in [0.25, 0.3) is 0 Å². The summed E-state index contributed by atoms with van der Waals surface area (Å²) in [5.41, 5.74) is 3.10. The first kappa shape index (κ1) is 19.1. The molecule has 2 amide bonds. The van der Waals surface area contributed by atoms with E-state index in [2.05, 4.69) is 6.07 Å². The van der Waals surface area contributed by atoms with Gasteiger partial charge < -0.3 is 19.3 Å². The summed E-state index contributed by atoms with van der Waals surface area (Å²) in [5.74, 6) is -0.415. The Morgan fingerprint density at radius 2 is 1.90 bits per heavy atom. The molecule has 30 heavy (non-hydrogen) atoms. The van der Waals surface area contributed by atoms with Gasteiger partial charge in [0.15, 0.2) is 0 Å². The molecule has 0 N–H and O–H groups in total. The molecule has 0 unspecified atom stereocenters. The number of amides is 2. The summed E-state index contributed by atoms with van der Waals surface area (Å²) in [7, 11) is 1.69. The second-order valence-electron chi connectivity index (χ2n) is 8.09. The largest absolute Gasteiger partial charge is 0.441 e. The van der Waals surface area contributed by atoms with Crippen LogP contribution in [-0.4, -0.2) is 60.2 Å². The smallest absolute Gasteiger partial charge is 0.410 e. The van der Waals surface area contributed by atoms with E-state index < -0.39 is 6.10 Å². The summed E-state index contributed by atoms with van der Waals surface area (Å²) in [6.45, 7) is 0.764. The van der Waals surface area contributed by atoms with E-state index in [1.54, 1.807) is 24.1 Å². The van der Waals surface area contributed by atoms with Gasteiger partial charge in [-0.05, 0) is 35.2 Å². The molecule has 2 aromatic carbocycles. The van der Waals surface area contributed by atoms with Crippen molar-refractivity contribution in [1.29, 1.82) is 0 Å². The molecule has 0 bridgehead atoms. The molecule has 0 aliphatic carbocycles. The van der Waals surface area contributed by atoms with Crippen molar-refractivity contribution in [2.24, 2.45) is 0 Å². The molecule has 156 valence electrons. The fourth-order valence-corrected chi connectivity index (χ4v) is 4.79. The minimum Gasteiger partial charge on any atom is -0.441 e. The predicted molar refractivity (Wildman–Crippen MR) is 106 cm³/mol. The monoisotopic (exact) mass is 410 g/mol. The van der Waals surface area contributed by atoms with Crippen molar-refractivity contribution in [2.45, 2.75) is 37.1 Å². The van der Waals surface area contributed by atoms with Gasteiger partial charge in [0.2, 0.25) is 0 Å². The van der Waals surface area contributed by atoms with Gasteiger partial charge in [-0.1, -0.05) is 36.4 Å². The fraction of sp³-hybridized carbons (Fsp3) is 0.391. The molecule has 6 nitrogen and oxygen atoms in total. The minimum absolute atomic E-state index is 0.106. The Balaban J connectivity index is 1.45. The van der Waals surface area contributed by atoms with E-state index >= 15 is 0 Å². The number of rotatable bonds is 2. The number of ether oxygens (including phenoxy) is 2.